The minimum absolute atomic E-state index is 0.0939. The van der Waals surface area contributed by atoms with Crippen LogP contribution in [-0.2, 0) is 11.3 Å². The molecule has 25 heavy (non-hydrogen) atoms. The van der Waals surface area contributed by atoms with Gasteiger partial charge in [-0.25, -0.2) is 14.4 Å². The van der Waals surface area contributed by atoms with E-state index in [0.717, 1.165) is 0 Å². The van der Waals surface area contributed by atoms with Crippen molar-refractivity contribution in [3.05, 3.63) is 17.5 Å². The predicted molar refractivity (Wildman–Crippen MR) is 85.7 cm³/mol. The van der Waals surface area contributed by atoms with Crippen LogP contribution in [0.25, 0.3) is 0 Å². The van der Waals surface area contributed by atoms with Gasteiger partial charge in [-0.05, 0) is 26.3 Å². The molecule has 2 heterocycles. The van der Waals surface area contributed by atoms with Crippen LogP contribution in [0.5, 0.6) is 0 Å². The number of carboxylic acid groups (broad SMARTS) is 2. The molecule has 0 unspecified atom stereocenters. The second-order valence-corrected chi connectivity index (χ2v) is 5.76. The van der Waals surface area contributed by atoms with Crippen molar-refractivity contribution in [2.75, 3.05) is 26.2 Å². The zero-order valence-corrected chi connectivity index (χ0v) is 14.2. The summed E-state index contributed by atoms with van der Waals surface area (Å²) in [4.78, 5) is 36.9. The largest absolute Gasteiger partial charge is 0.465 e. The highest BCUT2D eigenvalue weighted by molar-refractivity contribution is 5.87. The molecule has 1 atom stereocenters. The molecule has 1 aliphatic rings. The molecule has 0 spiro atoms. The zero-order valence-electron chi connectivity index (χ0n) is 14.2. The van der Waals surface area contributed by atoms with Gasteiger partial charge in [-0.15, -0.1) is 0 Å². The molecular formula is C15H22N4O6. The minimum Gasteiger partial charge on any atom is -0.465 e. The van der Waals surface area contributed by atoms with Gasteiger partial charge < -0.3 is 24.7 Å². The molecule has 1 aromatic rings. The van der Waals surface area contributed by atoms with Crippen LogP contribution in [0.2, 0.25) is 0 Å². The topological polar surface area (TPSA) is 125 Å². The van der Waals surface area contributed by atoms with Gasteiger partial charge in [0.1, 0.15) is 5.69 Å². The predicted octanol–water partition coefficient (Wildman–Crippen LogP) is 1.10. The van der Waals surface area contributed by atoms with Gasteiger partial charge in [0.15, 0.2) is 0 Å². The van der Waals surface area contributed by atoms with E-state index in [1.165, 1.54) is 14.5 Å². The van der Waals surface area contributed by atoms with E-state index < -0.39 is 24.2 Å². The summed E-state index contributed by atoms with van der Waals surface area (Å²) in [6.45, 7) is 4.34. The van der Waals surface area contributed by atoms with Gasteiger partial charge in [-0.1, -0.05) is 0 Å². The number of ether oxygens (including phenoxy) is 1. The minimum atomic E-state index is -1.09. The first-order valence-electron chi connectivity index (χ1n) is 8.02. The fourth-order valence-electron chi connectivity index (χ4n) is 2.88. The van der Waals surface area contributed by atoms with Crippen molar-refractivity contribution in [3.63, 3.8) is 0 Å². The number of hydrogen-bond donors (Lipinski definition) is 2. The Morgan fingerprint density at radius 1 is 1.28 bits per heavy atom. The Labute approximate surface area is 144 Å². The number of piperazine rings is 1. The van der Waals surface area contributed by atoms with Crippen molar-refractivity contribution in [1.82, 2.24) is 19.6 Å². The maximum Gasteiger partial charge on any atom is 0.407 e. The van der Waals surface area contributed by atoms with Crippen molar-refractivity contribution < 1.29 is 29.3 Å². The maximum atomic E-state index is 12.0. The third kappa shape index (κ3) is 4.40. The van der Waals surface area contributed by atoms with Gasteiger partial charge in [0, 0.05) is 26.2 Å². The van der Waals surface area contributed by atoms with E-state index in [1.807, 2.05) is 0 Å². The van der Waals surface area contributed by atoms with E-state index >= 15 is 0 Å². The Kier molecular flexibility index (Phi) is 5.84. The summed E-state index contributed by atoms with van der Waals surface area (Å²) >= 11 is 0. The van der Waals surface area contributed by atoms with Crippen molar-refractivity contribution in [2.45, 2.75) is 32.9 Å². The molecule has 10 heteroatoms. The lowest BCUT2D eigenvalue weighted by Gasteiger charge is -2.38. The standard InChI is InChI=1S/C15H22N4O6/c1-3-25-13(20)12-8-10(2)16-19(12)5-4-11-9-17(14(21)22)6-7-18(11)15(23)24/h8,11H,3-7,9H2,1-2H3,(H,21,22)(H,23,24)/t11-/m1/s1. The highest BCUT2D eigenvalue weighted by atomic mass is 16.5. The van der Waals surface area contributed by atoms with Gasteiger partial charge in [0.2, 0.25) is 0 Å². The van der Waals surface area contributed by atoms with E-state index in [2.05, 4.69) is 5.10 Å². The summed E-state index contributed by atoms with van der Waals surface area (Å²) in [6.07, 6.45) is -1.82. The SMILES string of the molecule is CCOC(=O)c1cc(C)nn1CC[C@@H]1CN(C(=O)O)CCN1C(=O)O. The summed E-state index contributed by atoms with van der Waals surface area (Å²) in [5, 5.41) is 22.7. The monoisotopic (exact) mass is 354 g/mol. The first-order chi connectivity index (χ1) is 11.8. The average molecular weight is 354 g/mol. The number of aryl methyl sites for hydroxylation is 2. The Balaban J connectivity index is 2.11. The van der Waals surface area contributed by atoms with Crippen LogP contribution in [0.15, 0.2) is 6.07 Å². The molecule has 0 aromatic carbocycles. The third-order valence-corrected chi connectivity index (χ3v) is 4.06. The number of carbonyl (C=O) groups excluding carboxylic acids is 1. The number of rotatable bonds is 5. The second kappa shape index (κ2) is 7.86. The Hall–Kier alpha value is -2.78. The van der Waals surface area contributed by atoms with E-state index in [1.54, 1.807) is 19.9 Å². The first kappa shape index (κ1) is 18.6. The van der Waals surface area contributed by atoms with Gasteiger partial charge >= 0.3 is 18.2 Å². The molecule has 138 valence electrons. The molecule has 0 radical (unpaired) electrons. The lowest BCUT2D eigenvalue weighted by atomic mass is 10.1. The molecule has 1 saturated heterocycles. The number of amides is 2. The highest BCUT2D eigenvalue weighted by Gasteiger charge is 2.32. The molecular weight excluding hydrogens is 332 g/mol. The smallest absolute Gasteiger partial charge is 0.407 e. The Morgan fingerprint density at radius 3 is 2.60 bits per heavy atom. The fourth-order valence-corrected chi connectivity index (χ4v) is 2.88. The molecule has 1 aromatic heterocycles. The van der Waals surface area contributed by atoms with Crippen LogP contribution in [-0.4, -0.2) is 80.2 Å². The van der Waals surface area contributed by atoms with Crippen molar-refractivity contribution in [2.24, 2.45) is 0 Å². The number of esters is 1. The van der Waals surface area contributed by atoms with E-state index in [9.17, 15) is 19.5 Å². The maximum absolute atomic E-state index is 12.0. The first-order valence-corrected chi connectivity index (χ1v) is 8.02. The Morgan fingerprint density at radius 2 is 2.00 bits per heavy atom. The zero-order chi connectivity index (χ0) is 18.6. The van der Waals surface area contributed by atoms with Crippen molar-refractivity contribution in [3.8, 4) is 0 Å². The van der Waals surface area contributed by atoms with Gasteiger partial charge in [-0.3, -0.25) is 4.68 Å². The van der Waals surface area contributed by atoms with Crippen molar-refractivity contribution >= 4 is 18.2 Å². The number of nitrogens with zero attached hydrogens (tertiary/aromatic N) is 4. The molecule has 2 N–H and O–H groups in total. The summed E-state index contributed by atoms with van der Waals surface area (Å²) in [6, 6.07) is 1.11. The molecule has 0 bridgehead atoms. The lowest BCUT2D eigenvalue weighted by molar-refractivity contribution is 0.0502. The number of carbonyl (C=O) groups is 3. The van der Waals surface area contributed by atoms with Crippen LogP contribution in [0.4, 0.5) is 9.59 Å². The van der Waals surface area contributed by atoms with Gasteiger partial charge in [0.25, 0.3) is 0 Å². The number of hydrogen-bond acceptors (Lipinski definition) is 5. The average Bonchev–Trinajstić information content (AvgIpc) is 2.93. The molecule has 10 nitrogen and oxygen atoms in total. The van der Waals surface area contributed by atoms with E-state index in [4.69, 9.17) is 9.84 Å². The van der Waals surface area contributed by atoms with Crippen molar-refractivity contribution in [1.29, 1.82) is 0 Å². The Bertz CT molecular complexity index is 658. The molecule has 0 saturated carbocycles. The van der Waals surface area contributed by atoms with Crippen LogP contribution in [0.1, 0.15) is 29.5 Å². The normalized spacial score (nSPS) is 17.4. The second-order valence-electron chi connectivity index (χ2n) is 5.76. The van der Waals surface area contributed by atoms with Crippen LogP contribution < -0.4 is 0 Å². The molecule has 1 fully saturated rings. The molecule has 2 amide bonds. The highest BCUT2D eigenvalue weighted by Crippen LogP contribution is 2.16. The van der Waals surface area contributed by atoms with Crippen LogP contribution in [0.3, 0.4) is 0 Å². The molecule has 0 aliphatic carbocycles. The van der Waals surface area contributed by atoms with Gasteiger partial charge in [-0.2, -0.15) is 5.10 Å². The summed E-state index contributed by atoms with van der Waals surface area (Å²) in [5.74, 6) is -0.492. The quantitative estimate of drug-likeness (QED) is 0.758. The van der Waals surface area contributed by atoms with Gasteiger partial charge in [0.05, 0.1) is 18.3 Å². The third-order valence-electron chi connectivity index (χ3n) is 4.06. The summed E-state index contributed by atoms with van der Waals surface area (Å²) in [5.41, 5.74) is 0.945. The molecule has 1 aliphatic heterocycles. The van der Waals surface area contributed by atoms with E-state index in [0.29, 0.717) is 17.8 Å². The lowest BCUT2D eigenvalue weighted by Crippen LogP contribution is -2.56. The molecule has 2 rings (SSSR count). The van der Waals surface area contributed by atoms with Crippen LogP contribution in [0, 0.1) is 6.92 Å². The van der Waals surface area contributed by atoms with Crippen LogP contribution >= 0.6 is 0 Å². The fraction of sp³-hybridized carbons (Fsp3) is 0.600. The summed E-state index contributed by atoms with van der Waals surface area (Å²) in [7, 11) is 0. The van der Waals surface area contributed by atoms with E-state index in [-0.39, 0.29) is 32.8 Å². The summed E-state index contributed by atoms with van der Waals surface area (Å²) < 4.78 is 6.47. The number of aromatic nitrogens is 2.